The first-order valence-corrected chi connectivity index (χ1v) is 6.88. The SMILES string of the molecule is COc1cc(COC(=O)C2CCCN2)cc(OC)c1OC. The van der Waals surface area contributed by atoms with Crippen LogP contribution in [-0.4, -0.2) is 39.9 Å². The summed E-state index contributed by atoms with van der Waals surface area (Å²) in [5, 5.41) is 3.11. The van der Waals surface area contributed by atoms with Crippen LogP contribution in [0.3, 0.4) is 0 Å². The standard InChI is InChI=1S/C15H21NO5/c1-18-12-7-10(8-13(19-2)14(12)20-3)9-21-15(17)11-5-4-6-16-11/h7-8,11,16H,4-6,9H2,1-3H3. The van der Waals surface area contributed by atoms with Crippen LogP contribution in [0.1, 0.15) is 18.4 Å². The van der Waals surface area contributed by atoms with Gasteiger partial charge in [0, 0.05) is 0 Å². The topological polar surface area (TPSA) is 66.0 Å². The van der Waals surface area contributed by atoms with Crippen molar-refractivity contribution in [3.63, 3.8) is 0 Å². The van der Waals surface area contributed by atoms with Crippen LogP contribution in [0.2, 0.25) is 0 Å². The minimum absolute atomic E-state index is 0.174. The van der Waals surface area contributed by atoms with Gasteiger partial charge in [0.25, 0.3) is 0 Å². The molecule has 21 heavy (non-hydrogen) atoms. The van der Waals surface area contributed by atoms with Gasteiger partial charge < -0.3 is 24.3 Å². The molecule has 1 N–H and O–H groups in total. The number of rotatable bonds is 6. The molecule has 116 valence electrons. The number of nitrogens with one attached hydrogen (secondary N) is 1. The van der Waals surface area contributed by atoms with E-state index in [0.717, 1.165) is 24.9 Å². The third-order valence-corrected chi connectivity index (χ3v) is 3.45. The molecule has 1 atom stereocenters. The summed E-state index contributed by atoms with van der Waals surface area (Å²) >= 11 is 0. The van der Waals surface area contributed by atoms with E-state index in [4.69, 9.17) is 18.9 Å². The molecule has 2 rings (SSSR count). The second kappa shape index (κ2) is 7.17. The lowest BCUT2D eigenvalue weighted by atomic mass is 10.2. The van der Waals surface area contributed by atoms with Crippen molar-refractivity contribution in [2.45, 2.75) is 25.5 Å². The van der Waals surface area contributed by atoms with Gasteiger partial charge >= 0.3 is 5.97 Å². The van der Waals surface area contributed by atoms with Crippen LogP contribution in [0.25, 0.3) is 0 Å². The van der Waals surface area contributed by atoms with Crippen LogP contribution >= 0.6 is 0 Å². The second-order valence-electron chi connectivity index (χ2n) is 4.79. The molecular weight excluding hydrogens is 274 g/mol. The van der Waals surface area contributed by atoms with Crippen molar-refractivity contribution in [1.29, 1.82) is 0 Å². The summed E-state index contributed by atoms with van der Waals surface area (Å²) in [5.74, 6) is 1.39. The molecule has 0 amide bonds. The molecule has 1 fully saturated rings. The van der Waals surface area contributed by atoms with Crippen molar-refractivity contribution in [3.05, 3.63) is 17.7 Å². The molecule has 0 radical (unpaired) electrons. The summed E-state index contributed by atoms with van der Waals surface area (Å²) in [6, 6.07) is 3.36. The third kappa shape index (κ3) is 3.58. The Morgan fingerprint density at radius 3 is 2.33 bits per heavy atom. The van der Waals surface area contributed by atoms with Crippen LogP contribution in [0, 0.1) is 0 Å². The zero-order chi connectivity index (χ0) is 15.2. The van der Waals surface area contributed by atoms with Crippen molar-refractivity contribution in [1.82, 2.24) is 5.32 Å². The lowest BCUT2D eigenvalue weighted by molar-refractivity contribution is -0.147. The van der Waals surface area contributed by atoms with Crippen LogP contribution in [0.4, 0.5) is 0 Å². The Labute approximate surface area is 124 Å². The summed E-state index contributed by atoms with van der Waals surface area (Å²) in [6.07, 6.45) is 1.83. The first-order chi connectivity index (χ1) is 10.2. The number of benzene rings is 1. The first-order valence-electron chi connectivity index (χ1n) is 6.88. The number of carbonyl (C=O) groups is 1. The fraction of sp³-hybridized carbons (Fsp3) is 0.533. The molecule has 1 aliphatic rings. The Kier molecular flexibility index (Phi) is 5.27. The molecule has 0 aromatic heterocycles. The smallest absolute Gasteiger partial charge is 0.323 e. The Bertz CT molecular complexity index is 472. The maximum Gasteiger partial charge on any atom is 0.323 e. The zero-order valence-corrected chi connectivity index (χ0v) is 12.6. The Morgan fingerprint density at radius 2 is 1.86 bits per heavy atom. The maximum absolute atomic E-state index is 11.9. The molecule has 1 aromatic carbocycles. The summed E-state index contributed by atoms with van der Waals surface area (Å²) in [6.45, 7) is 1.04. The van der Waals surface area contributed by atoms with Gasteiger partial charge in [-0.3, -0.25) is 4.79 Å². The first kappa shape index (κ1) is 15.4. The van der Waals surface area contributed by atoms with E-state index in [9.17, 15) is 4.79 Å². The van der Waals surface area contributed by atoms with Crippen molar-refractivity contribution in [2.75, 3.05) is 27.9 Å². The highest BCUT2D eigenvalue weighted by Crippen LogP contribution is 2.38. The summed E-state index contributed by atoms with van der Waals surface area (Å²) in [5.41, 5.74) is 0.788. The van der Waals surface area contributed by atoms with Crippen molar-refractivity contribution >= 4 is 5.97 Å². The molecule has 1 aromatic rings. The largest absolute Gasteiger partial charge is 0.493 e. The Balaban J connectivity index is 2.07. The van der Waals surface area contributed by atoms with Gasteiger partial charge in [-0.15, -0.1) is 0 Å². The molecule has 1 saturated heterocycles. The number of hydrogen-bond acceptors (Lipinski definition) is 6. The Hall–Kier alpha value is -1.95. The molecule has 0 saturated carbocycles. The second-order valence-corrected chi connectivity index (χ2v) is 4.79. The minimum Gasteiger partial charge on any atom is -0.493 e. The molecule has 6 heteroatoms. The number of hydrogen-bond donors (Lipinski definition) is 1. The van der Waals surface area contributed by atoms with Crippen LogP contribution in [0.15, 0.2) is 12.1 Å². The highest BCUT2D eigenvalue weighted by molar-refractivity contribution is 5.76. The molecule has 1 aliphatic heterocycles. The molecule has 6 nitrogen and oxygen atoms in total. The van der Waals surface area contributed by atoms with Crippen molar-refractivity contribution in [2.24, 2.45) is 0 Å². The van der Waals surface area contributed by atoms with E-state index < -0.39 is 0 Å². The monoisotopic (exact) mass is 295 g/mol. The highest BCUT2D eigenvalue weighted by atomic mass is 16.5. The average molecular weight is 295 g/mol. The fourth-order valence-electron chi connectivity index (χ4n) is 2.36. The number of methoxy groups -OCH3 is 3. The molecule has 0 spiro atoms. The van der Waals surface area contributed by atoms with E-state index in [0.29, 0.717) is 17.2 Å². The Morgan fingerprint density at radius 1 is 1.19 bits per heavy atom. The zero-order valence-electron chi connectivity index (χ0n) is 12.6. The van der Waals surface area contributed by atoms with Gasteiger partial charge in [-0.1, -0.05) is 0 Å². The lowest BCUT2D eigenvalue weighted by Gasteiger charge is -2.15. The van der Waals surface area contributed by atoms with E-state index >= 15 is 0 Å². The fourth-order valence-corrected chi connectivity index (χ4v) is 2.36. The molecule has 0 aliphatic carbocycles. The molecule has 0 bridgehead atoms. The van der Waals surface area contributed by atoms with Gasteiger partial charge in [0.05, 0.1) is 21.3 Å². The van der Waals surface area contributed by atoms with E-state index in [1.165, 1.54) is 0 Å². The van der Waals surface area contributed by atoms with Crippen molar-refractivity contribution < 1.29 is 23.7 Å². The summed E-state index contributed by atoms with van der Waals surface area (Å²) < 4.78 is 21.1. The van der Waals surface area contributed by atoms with Crippen LogP contribution in [-0.2, 0) is 16.1 Å². The van der Waals surface area contributed by atoms with Gasteiger partial charge in [-0.25, -0.2) is 0 Å². The number of ether oxygens (including phenoxy) is 4. The van der Waals surface area contributed by atoms with Gasteiger partial charge in [0.2, 0.25) is 5.75 Å². The molecule has 1 unspecified atom stereocenters. The van der Waals surface area contributed by atoms with Crippen LogP contribution in [0.5, 0.6) is 17.2 Å². The van der Waals surface area contributed by atoms with Crippen LogP contribution < -0.4 is 19.5 Å². The van der Waals surface area contributed by atoms with E-state index in [2.05, 4.69) is 5.32 Å². The summed E-state index contributed by atoms with van der Waals surface area (Å²) in [4.78, 5) is 11.9. The molecule has 1 heterocycles. The van der Waals surface area contributed by atoms with E-state index in [-0.39, 0.29) is 18.6 Å². The van der Waals surface area contributed by atoms with Gasteiger partial charge in [0.15, 0.2) is 11.5 Å². The quantitative estimate of drug-likeness (QED) is 0.802. The predicted molar refractivity (Wildman–Crippen MR) is 76.9 cm³/mol. The van der Waals surface area contributed by atoms with E-state index in [1.807, 2.05) is 0 Å². The number of carbonyl (C=O) groups excluding carboxylic acids is 1. The van der Waals surface area contributed by atoms with Gasteiger partial charge in [-0.2, -0.15) is 0 Å². The predicted octanol–water partition coefficient (Wildman–Crippen LogP) is 1.51. The highest BCUT2D eigenvalue weighted by Gasteiger charge is 2.23. The normalized spacial score (nSPS) is 17.4. The molecular formula is C15H21NO5. The maximum atomic E-state index is 11.9. The summed E-state index contributed by atoms with van der Waals surface area (Å²) in [7, 11) is 4.65. The third-order valence-electron chi connectivity index (χ3n) is 3.45. The minimum atomic E-state index is -0.221. The lowest BCUT2D eigenvalue weighted by Crippen LogP contribution is -2.32. The van der Waals surface area contributed by atoms with Gasteiger partial charge in [0.1, 0.15) is 12.6 Å². The van der Waals surface area contributed by atoms with Gasteiger partial charge in [-0.05, 0) is 37.1 Å². The van der Waals surface area contributed by atoms with E-state index in [1.54, 1.807) is 33.5 Å². The average Bonchev–Trinajstić information content (AvgIpc) is 3.05. The number of esters is 1. The van der Waals surface area contributed by atoms with Crippen molar-refractivity contribution in [3.8, 4) is 17.2 Å².